The molecule has 112 valence electrons. The van der Waals surface area contributed by atoms with Crippen LogP contribution in [0.1, 0.15) is 29.0 Å². The molecule has 0 saturated heterocycles. The van der Waals surface area contributed by atoms with Crippen LogP contribution in [-0.2, 0) is 6.54 Å². The number of nitrogens with two attached hydrogens (primary N) is 1. The van der Waals surface area contributed by atoms with Gasteiger partial charge in [-0.05, 0) is 37.0 Å². The lowest BCUT2D eigenvalue weighted by Crippen LogP contribution is -2.21. The molecule has 2 aromatic rings. The van der Waals surface area contributed by atoms with E-state index < -0.39 is 0 Å². The summed E-state index contributed by atoms with van der Waals surface area (Å²) >= 11 is 8.04. The minimum Gasteiger partial charge on any atom is -0.409 e. The lowest BCUT2D eigenvalue weighted by Gasteiger charge is -2.24. The van der Waals surface area contributed by atoms with Crippen molar-refractivity contribution >= 4 is 28.8 Å². The molecule has 0 aliphatic carbocycles. The van der Waals surface area contributed by atoms with Crippen molar-refractivity contribution in [2.45, 2.75) is 19.5 Å². The molecule has 3 N–H and O–H groups in total. The van der Waals surface area contributed by atoms with E-state index in [1.165, 1.54) is 4.88 Å². The van der Waals surface area contributed by atoms with Crippen LogP contribution in [0.4, 0.5) is 0 Å². The summed E-state index contributed by atoms with van der Waals surface area (Å²) in [5.41, 5.74) is 7.18. The van der Waals surface area contributed by atoms with Crippen molar-refractivity contribution in [1.82, 2.24) is 4.90 Å². The van der Waals surface area contributed by atoms with E-state index in [4.69, 9.17) is 22.5 Å². The highest BCUT2D eigenvalue weighted by Crippen LogP contribution is 2.27. The molecule has 0 amide bonds. The monoisotopic (exact) mass is 323 g/mol. The SMILES string of the molecule is CC(c1cccs1)N(C)Cc1ccc(/C(N)=N/O)cc1Cl. The van der Waals surface area contributed by atoms with Crippen LogP contribution in [0.5, 0.6) is 0 Å². The second kappa shape index (κ2) is 6.93. The lowest BCUT2D eigenvalue weighted by molar-refractivity contribution is 0.256. The molecule has 0 bridgehead atoms. The van der Waals surface area contributed by atoms with Crippen LogP contribution >= 0.6 is 22.9 Å². The van der Waals surface area contributed by atoms with E-state index >= 15 is 0 Å². The van der Waals surface area contributed by atoms with Crippen molar-refractivity contribution in [3.63, 3.8) is 0 Å². The molecule has 21 heavy (non-hydrogen) atoms. The fraction of sp³-hybridized carbons (Fsp3) is 0.267. The summed E-state index contributed by atoms with van der Waals surface area (Å²) in [7, 11) is 2.07. The van der Waals surface area contributed by atoms with Gasteiger partial charge in [0, 0.05) is 28.0 Å². The largest absolute Gasteiger partial charge is 0.409 e. The average Bonchev–Trinajstić information content (AvgIpc) is 3.01. The van der Waals surface area contributed by atoms with E-state index in [0.717, 1.165) is 12.1 Å². The maximum Gasteiger partial charge on any atom is 0.170 e. The topological polar surface area (TPSA) is 61.8 Å². The van der Waals surface area contributed by atoms with Gasteiger partial charge in [-0.3, -0.25) is 4.90 Å². The molecule has 0 aliphatic rings. The molecule has 1 unspecified atom stereocenters. The van der Waals surface area contributed by atoms with Crippen molar-refractivity contribution in [2.75, 3.05) is 7.05 Å². The third-order valence-electron chi connectivity index (χ3n) is 3.49. The minimum absolute atomic E-state index is 0.0590. The molecular weight excluding hydrogens is 306 g/mol. The van der Waals surface area contributed by atoms with Crippen LogP contribution in [0.15, 0.2) is 40.9 Å². The molecule has 4 nitrogen and oxygen atoms in total. The van der Waals surface area contributed by atoms with Crippen molar-refractivity contribution in [3.8, 4) is 0 Å². The zero-order valence-electron chi connectivity index (χ0n) is 12.0. The molecule has 0 saturated carbocycles. The molecule has 1 aromatic heterocycles. The summed E-state index contributed by atoms with van der Waals surface area (Å²) < 4.78 is 0. The van der Waals surface area contributed by atoms with Crippen LogP contribution in [0, 0.1) is 0 Å². The first kappa shape index (κ1) is 15.8. The van der Waals surface area contributed by atoms with Gasteiger partial charge in [0.2, 0.25) is 0 Å². The lowest BCUT2D eigenvalue weighted by atomic mass is 10.1. The first-order chi connectivity index (χ1) is 10.0. The molecule has 6 heteroatoms. The second-order valence-electron chi connectivity index (χ2n) is 4.90. The van der Waals surface area contributed by atoms with E-state index in [1.807, 2.05) is 6.07 Å². The predicted octanol–water partition coefficient (Wildman–Crippen LogP) is 3.69. The summed E-state index contributed by atoms with van der Waals surface area (Å²) in [4.78, 5) is 3.55. The van der Waals surface area contributed by atoms with Gasteiger partial charge in [0.25, 0.3) is 0 Å². The Morgan fingerprint density at radius 2 is 2.24 bits per heavy atom. The standard InChI is InChI=1S/C15H18ClN3OS/c1-10(14-4-3-7-21-14)19(2)9-12-6-5-11(8-13(12)16)15(17)18-20/h3-8,10,20H,9H2,1-2H3,(H2,17,18). The summed E-state index contributed by atoms with van der Waals surface area (Å²) in [6.45, 7) is 2.90. The summed E-state index contributed by atoms with van der Waals surface area (Å²) in [6.07, 6.45) is 0. The van der Waals surface area contributed by atoms with Crippen LogP contribution in [-0.4, -0.2) is 23.0 Å². The quantitative estimate of drug-likeness (QED) is 0.382. The number of benzene rings is 1. The highest BCUT2D eigenvalue weighted by Gasteiger charge is 2.14. The van der Waals surface area contributed by atoms with Crippen LogP contribution in [0.25, 0.3) is 0 Å². The Bertz CT molecular complexity index is 628. The summed E-state index contributed by atoms with van der Waals surface area (Å²) in [5.74, 6) is 0.0590. The van der Waals surface area contributed by atoms with Gasteiger partial charge in [-0.15, -0.1) is 11.3 Å². The molecule has 0 spiro atoms. The Morgan fingerprint density at radius 1 is 1.48 bits per heavy atom. The predicted molar refractivity (Wildman–Crippen MR) is 88.2 cm³/mol. The number of thiophene rings is 1. The third kappa shape index (κ3) is 3.75. The molecule has 1 heterocycles. The third-order valence-corrected chi connectivity index (χ3v) is 4.89. The molecule has 0 radical (unpaired) electrons. The Labute approximate surface area is 133 Å². The number of halogens is 1. The number of rotatable bonds is 5. The first-order valence-corrected chi connectivity index (χ1v) is 7.78. The van der Waals surface area contributed by atoms with Gasteiger partial charge in [0.1, 0.15) is 0 Å². The number of oxime groups is 1. The van der Waals surface area contributed by atoms with Gasteiger partial charge in [0.05, 0.1) is 0 Å². The van der Waals surface area contributed by atoms with E-state index in [9.17, 15) is 0 Å². The Kier molecular flexibility index (Phi) is 5.22. The van der Waals surface area contributed by atoms with E-state index in [0.29, 0.717) is 16.6 Å². The molecule has 1 atom stereocenters. The molecular formula is C15H18ClN3OS. The van der Waals surface area contributed by atoms with E-state index in [-0.39, 0.29) is 5.84 Å². The molecule has 2 rings (SSSR count). The number of hydrogen-bond acceptors (Lipinski definition) is 4. The zero-order valence-corrected chi connectivity index (χ0v) is 13.5. The Morgan fingerprint density at radius 3 is 2.81 bits per heavy atom. The fourth-order valence-corrected chi connectivity index (χ4v) is 3.13. The maximum absolute atomic E-state index is 8.69. The van der Waals surface area contributed by atoms with Gasteiger partial charge in [0.15, 0.2) is 5.84 Å². The summed E-state index contributed by atoms with van der Waals surface area (Å²) in [5, 5.41) is 14.4. The van der Waals surface area contributed by atoms with Crippen molar-refractivity contribution in [3.05, 3.63) is 56.7 Å². The molecule has 0 fully saturated rings. The molecule has 1 aromatic carbocycles. The molecule has 0 aliphatic heterocycles. The van der Waals surface area contributed by atoms with Crippen molar-refractivity contribution in [2.24, 2.45) is 10.9 Å². The van der Waals surface area contributed by atoms with Crippen molar-refractivity contribution < 1.29 is 5.21 Å². The number of hydrogen-bond donors (Lipinski definition) is 2. The van der Waals surface area contributed by atoms with Crippen LogP contribution < -0.4 is 5.73 Å². The van der Waals surface area contributed by atoms with E-state index in [2.05, 4.69) is 41.5 Å². The van der Waals surface area contributed by atoms with Gasteiger partial charge < -0.3 is 10.9 Å². The van der Waals surface area contributed by atoms with Gasteiger partial charge in [-0.1, -0.05) is 35.0 Å². The number of nitrogens with zero attached hydrogens (tertiary/aromatic N) is 2. The number of amidine groups is 1. The first-order valence-electron chi connectivity index (χ1n) is 6.53. The Hall–Kier alpha value is -1.56. The minimum atomic E-state index is 0.0590. The highest BCUT2D eigenvalue weighted by molar-refractivity contribution is 7.10. The van der Waals surface area contributed by atoms with Gasteiger partial charge in [-0.2, -0.15) is 0 Å². The average molecular weight is 324 g/mol. The van der Waals surface area contributed by atoms with Gasteiger partial charge >= 0.3 is 0 Å². The fourth-order valence-electron chi connectivity index (χ4n) is 2.04. The van der Waals surface area contributed by atoms with Crippen molar-refractivity contribution in [1.29, 1.82) is 0 Å². The van der Waals surface area contributed by atoms with E-state index in [1.54, 1.807) is 23.5 Å². The highest BCUT2D eigenvalue weighted by atomic mass is 35.5. The van der Waals surface area contributed by atoms with Gasteiger partial charge in [-0.25, -0.2) is 0 Å². The smallest absolute Gasteiger partial charge is 0.170 e. The maximum atomic E-state index is 8.69. The Balaban J connectivity index is 2.12. The van der Waals surface area contributed by atoms with Crippen LogP contribution in [0.2, 0.25) is 5.02 Å². The zero-order chi connectivity index (χ0) is 15.4. The summed E-state index contributed by atoms with van der Waals surface area (Å²) in [6, 6.07) is 9.95. The second-order valence-corrected chi connectivity index (χ2v) is 6.28. The normalized spacial score (nSPS) is 13.6. The van der Waals surface area contributed by atoms with Crippen LogP contribution in [0.3, 0.4) is 0 Å².